The van der Waals surface area contributed by atoms with E-state index in [1.54, 1.807) is 54.7 Å². The Bertz CT molecular complexity index is 1170. The van der Waals surface area contributed by atoms with Crippen molar-refractivity contribution in [2.24, 2.45) is 5.73 Å². The van der Waals surface area contributed by atoms with E-state index >= 15 is 0 Å². The van der Waals surface area contributed by atoms with Gasteiger partial charge >= 0.3 is 0 Å². The lowest BCUT2D eigenvalue weighted by Crippen LogP contribution is -2.22. The Kier molecular flexibility index (Phi) is 5.75. The number of benzene rings is 3. The Morgan fingerprint density at radius 1 is 0.839 bits per heavy atom. The summed E-state index contributed by atoms with van der Waals surface area (Å²) in [5, 5.41) is 9.78. The van der Waals surface area contributed by atoms with Gasteiger partial charge in [-0.3, -0.25) is 14.7 Å². The fourth-order valence-corrected chi connectivity index (χ4v) is 3.00. The first-order valence-electron chi connectivity index (χ1n) is 9.63. The second kappa shape index (κ2) is 8.96. The van der Waals surface area contributed by atoms with Gasteiger partial charge in [0.25, 0.3) is 5.91 Å². The Morgan fingerprint density at radius 3 is 2.00 bits per heavy atom. The van der Waals surface area contributed by atoms with Gasteiger partial charge in [-0.2, -0.15) is 5.10 Å². The third-order valence-electron chi connectivity index (χ3n) is 4.71. The second-order valence-electron chi connectivity index (χ2n) is 6.86. The van der Waals surface area contributed by atoms with Crippen LogP contribution in [0, 0.1) is 0 Å². The summed E-state index contributed by atoms with van der Waals surface area (Å²) in [6, 6.07) is 23.2. The van der Waals surface area contributed by atoms with Crippen molar-refractivity contribution in [1.29, 1.82) is 0 Å². The van der Waals surface area contributed by atoms with Gasteiger partial charge in [0, 0.05) is 23.9 Å². The lowest BCUT2D eigenvalue weighted by molar-refractivity contribution is 0.0949. The van der Waals surface area contributed by atoms with Crippen molar-refractivity contribution < 1.29 is 14.3 Å². The number of amides is 2. The van der Waals surface area contributed by atoms with E-state index in [4.69, 9.17) is 10.5 Å². The van der Waals surface area contributed by atoms with Gasteiger partial charge in [-0.15, -0.1) is 0 Å². The highest BCUT2D eigenvalue weighted by Gasteiger charge is 2.07. The summed E-state index contributed by atoms with van der Waals surface area (Å²) < 4.78 is 5.73. The van der Waals surface area contributed by atoms with Crippen molar-refractivity contribution in [2.75, 3.05) is 0 Å². The number of carbonyl (C=O) groups excluding carboxylic acids is 2. The number of nitrogens with zero attached hydrogens (tertiary/aromatic N) is 1. The molecule has 0 saturated carbocycles. The smallest absolute Gasteiger partial charge is 0.251 e. The molecule has 7 nitrogen and oxygen atoms in total. The summed E-state index contributed by atoms with van der Waals surface area (Å²) in [6.45, 7) is 0.423. The van der Waals surface area contributed by atoms with Crippen LogP contribution >= 0.6 is 0 Å². The number of ether oxygens (including phenoxy) is 1. The summed E-state index contributed by atoms with van der Waals surface area (Å²) >= 11 is 0. The number of rotatable bonds is 7. The predicted octanol–water partition coefficient (Wildman–Crippen LogP) is 3.90. The highest BCUT2D eigenvalue weighted by Crippen LogP contribution is 2.22. The van der Waals surface area contributed by atoms with Crippen LogP contribution in [0.25, 0.3) is 11.3 Å². The first-order valence-corrected chi connectivity index (χ1v) is 9.63. The maximum Gasteiger partial charge on any atom is 0.251 e. The van der Waals surface area contributed by atoms with Gasteiger partial charge in [-0.25, -0.2) is 0 Å². The SMILES string of the molecule is NC(=O)c1ccc(Oc2ccc(C(=O)NCc3ccc(-c4ccn[nH]4)cc3)cc2)cc1. The van der Waals surface area contributed by atoms with E-state index in [2.05, 4.69) is 15.5 Å². The quantitative estimate of drug-likeness (QED) is 0.428. The zero-order chi connectivity index (χ0) is 21.6. The lowest BCUT2D eigenvalue weighted by atomic mass is 10.1. The van der Waals surface area contributed by atoms with Gasteiger partial charge in [0.15, 0.2) is 0 Å². The summed E-state index contributed by atoms with van der Waals surface area (Å²) in [5.74, 6) is 0.490. The van der Waals surface area contributed by atoms with Gasteiger partial charge in [-0.1, -0.05) is 24.3 Å². The van der Waals surface area contributed by atoms with Crippen LogP contribution in [0.4, 0.5) is 0 Å². The topological polar surface area (TPSA) is 110 Å². The first-order chi connectivity index (χ1) is 15.1. The predicted molar refractivity (Wildman–Crippen MR) is 117 cm³/mol. The molecule has 4 N–H and O–H groups in total. The minimum atomic E-state index is -0.490. The Labute approximate surface area is 178 Å². The molecule has 4 rings (SSSR count). The van der Waals surface area contributed by atoms with Crippen LogP contribution < -0.4 is 15.8 Å². The summed E-state index contributed by atoms with van der Waals surface area (Å²) in [4.78, 5) is 23.6. The molecular weight excluding hydrogens is 392 g/mol. The molecular formula is C24H20N4O3. The normalized spacial score (nSPS) is 10.5. The van der Waals surface area contributed by atoms with Crippen LogP contribution in [0.1, 0.15) is 26.3 Å². The maximum absolute atomic E-state index is 12.4. The highest BCUT2D eigenvalue weighted by molar-refractivity contribution is 5.94. The molecule has 0 radical (unpaired) electrons. The van der Waals surface area contributed by atoms with E-state index in [1.807, 2.05) is 30.3 Å². The highest BCUT2D eigenvalue weighted by atomic mass is 16.5. The third-order valence-corrected chi connectivity index (χ3v) is 4.71. The van der Waals surface area contributed by atoms with Gasteiger partial charge in [0.1, 0.15) is 11.5 Å². The molecule has 3 aromatic carbocycles. The molecule has 0 spiro atoms. The standard InChI is InChI=1S/C24H20N4O3/c25-23(29)18-5-9-20(10-6-18)31-21-11-7-19(8-12-21)24(30)26-15-16-1-3-17(4-2-16)22-13-14-27-28-22/h1-14H,15H2,(H2,25,29)(H,26,30)(H,27,28). The maximum atomic E-state index is 12.4. The molecule has 31 heavy (non-hydrogen) atoms. The fourth-order valence-electron chi connectivity index (χ4n) is 3.00. The number of nitrogens with one attached hydrogen (secondary N) is 2. The van der Waals surface area contributed by atoms with E-state index in [1.165, 1.54) is 0 Å². The number of primary amides is 1. The molecule has 0 aliphatic heterocycles. The van der Waals surface area contributed by atoms with Crippen LogP contribution in [-0.2, 0) is 6.54 Å². The van der Waals surface area contributed by atoms with Crippen molar-refractivity contribution in [3.05, 3.63) is 102 Å². The van der Waals surface area contributed by atoms with Crippen molar-refractivity contribution in [3.63, 3.8) is 0 Å². The number of H-pyrrole nitrogens is 1. The van der Waals surface area contributed by atoms with E-state index < -0.39 is 5.91 Å². The molecule has 0 unspecified atom stereocenters. The van der Waals surface area contributed by atoms with E-state index in [0.717, 1.165) is 16.8 Å². The zero-order valence-electron chi connectivity index (χ0n) is 16.5. The third kappa shape index (κ3) is 4.97. The molecule has 0 aliphatic carbocycles. The average Bonchev–Trinajstić information content (AvgIpc) is 3.34. The number of carbonyl (C=O) groups is 2. The number of hydrogen-bond acceptors (Lipinski definition) is 4. The molecule has 0 atom stereocenters. The van der Waals surface area contributed by atoms with E-state index in [9.17, 15) is 9.59 Å². The molecule has 7 heteroatoms. The monoisotopic (exact) mass is 412 g/mol. The summed E-state index contributed by atoms with van der Waals surface area (Å²) in [7, 11) is 0. The van der Waals surface area contributed by atoms with Gasteiger partial charge in [0.05, 0.1) is 5.69 Å². The largest absolute Gasteiger partial charge is 0.457 e. The van der Waals surface area contributed by atoms with E-state index in [-0.39, 0.29) is 5.91 Å². The van der Waals surface area contributed by atoms with Crippen LogP contribution in [0.2, 0.25) is 0 Å². The molecule has 2 amide bonds. The number of aromatic nitrogens is 2. The van der Waals surface area contributed by atoms with Crippen molar-refractivity contribution in [2.45, 2.75) is 6.54 Å². The average molecular weight is 412 g/mol. The number of aromatic amines is 1. The van der Waals surface area contributed by atoms with Crippen LogP contribution in [0.5, 0.6) is 11.5 Å². The summed E-state index contributed by atoms with van der Waals surface area (Å²) in [5.41, 5.74) is 9.15. The molecule has 0 fully saturated rings. The molecule has 0 aliphatic rings. The van der Waals surface area contributed by atoms with Crippen molar-refractivity contribution in [1.82, 2.24) is 15.5 Å². The van der Waals surface area contributed by atoms with E-state index in [0.29, 0.717) is 29.2 Å². The minimum Gasteiger partial charge on any atom is -0.457 e. The van der Waals surface area contributed by atoms with Crippen LogP contribution in [0.15, 0.2) is 85.1 Å². The second-order valence-corrected chi connectivity index (χ2v) is 6.86. The van der Waals surface area contributed by atoms with Crippen LogP contribution in [-0.4, -0.2) is 22.0 Å². The Balaban J connectivity index is 1.32. The molecule has 1 aromatic heterocycles. The van der Waals surface area contributed by atoms with Gasteiger partial charge in [-0.05, 0) is 65.7 Å². The first kappa shape index (κ1) is 19.9. The molecule has 4 aromatic rings. The lowest BCUT2D eigenvalue weighted by Gasteiger charge is -2.08. The number of hydrogen-bond donors (Lipinski definition) is 3. The summed E-state index contributed by atoms with van der Waals surface area (Å²) in [6.07, 6.45) is 1.71. The Morgan fingerprint density at radius 2 is 1.45 bits per heavy atom. The molecule has 1 heterocycles. The fraction of sp³-hybridized carbons (Fsp3) is 0.0417. The van der Waals surface area contributed by atoms with Crippen molar-refractivity contribution in [3.8, 4) is 22.8 Å². The van der Waals surface area contributed by atoms with Crippen molar-refractivity contribution >= 4 is 11.8 Å². The molecule has 0 saturated heterocycles. The molecule has 154 valence electrons. The van der Waals surface area contributed by atoms with Gasteiger partial charge in [0.2, 0.25) is 5.91 Å². The Hall–Kier alpha value is -4.39. The zero-order valence-corrected chi connectivity index (χ0v) is 16.5. The van der Waals surface area contributed by atoms with Gasteiger partial charge < -0.3 is 15.8 Å². The molecule has 0 bridgehead atoms. The number of nitrogens with two attached hydrogens (primary N) is 1. The minimum absolute atomic E-state index is 0.171. The van der Waals surface area contributed by atoms with Crippen LogP contribution in [0.3, 0.4) is 0 Å².